The molecule has 1 rings (SSSR count). The summed E-state index contributed by atoms with van der Waals surface area (Å²) in [7, 11) is -2.89. The van der Waals surface area contributed by atoms with Crippen LogP contribution in [-0.4, -0.2) is 0 Å². The van der Waals surface area contributed by atoms with Crippen LogP contribution in [0.1, 0.15) is 11.3 Å². The summed E-state index contributed by atoms with van der Waals surface area (Å²) in [6.45, 7) is 4.24. The lowest BCUT2D eigenvalue weighted by Gasteiger charge is -2.17. The molecule has 0 unspecified atom stereocenters. The Hall–Kier alpha value is -0.720. The molecule has 0 atom stereocenters. The Labute approximate surface area is 84.6 Å². The minimum Gasteiger partial charge on any atom is -0.222 e. The molecule has 0 N–H and O–H groups in total. The van der Waals surface area contributed by atoms with Gasteiger partial charge in [0, 0.05) is 18.6 Å². The first kappa shape index (κ1) is 13.3. The summed E-state index contributed by atoms with van der Waals surface area (Å²) in [5.74, 6) is 0. The third kappa shape index (κ3) is 6.76. The zero-order chi connectivity index (χ0) is 11.4. The molecule has 0 aliphatic heterocycles. The Morgan fingerprint density at radius 2 is 1.57 bits per heavy atom. The second-order valence-corrected chi connectivity index (χ2v) is 3.52. The van der Waals surface area contributed by atoms with Crippen LogP contribution in [0.25, 0.3) is 0 Å². The minimum atomic E-state index is -4.94. The van der Waals surface area contributed by atoms with Crippen LogP contribution >= 0.6 is 0 Å². The number of rotatable bonds is 0. The first-order valence-corrected chi connectivity index (χ1v) is 4.99. The standard InChI is InChI=1S/C8H12N.ClHO4/c1-7-5-4-6-9(3)8(7)2;2-1(3,4)5/h4-6H,1-3H3;(H,2,3,4,5)/q+1;/p-1. The lowest BCUT2D eigenvalue weighted by Crippen LogP contribution is -2.68. The van der Waals surface area contributed by atoms with Crippen LogP contribution < -0.4 is 23.2 Å². The van der Waals surface area contributed by atoms with Gasteiger partial charge in [0.15, 0.2) is 11.9 Å². The molecular weight excluding hydrogens is 210 g/mol. The monoisotopic (exact) mass is 221 g/mol. The molecule has 0 aromatic carbocycles. The number of hydrogen-bond donors (Lipinski definition) is 0. The molecule has 0 amide bonds. The van der Waals surface area contributed by atoms with Crippen molar-refractivity contribution in [2.45, 2.75) is 13.8 Å². The van der Waals surface area contributed by atoms with Gasteiger partial charge in [-0.2, -0.15) is 0 Å². The maximum Gasteiger partial charge on any atom is 0.180 e. The molecule has 5 nitrogen and oxygen atoms in total. The van der Waals surface area contributed by atoms with Crippen LogP contribution in [0.2, 0.25) is 0 Å². The van der Waals surface area contributed by atoms with Gasteiger partial charge in [-0.05, 0) is 13.0 Å². The largest absolute Gasteiger partial charge is 0.222 e. The van der Waals surface area contributed by atoms with E-state index in [1.807, 2.05) is 0 Å². The van der Waals surface area contributed by atoms with Crippen molar-refractivity contribution in [1.82, 2.24) is 0 Å². The lowest BCUT2D eigenvalue weighted by molar-refractivity contribution is -2.00. The highest BCUT2D eigenvalue weighted by atomic mass is 35.7. The zero-order valence-electron chi connectivity index (χ0n) is 8.19. The van der Waals surface area contributed by atoms with Crippen LogP contribution in [0, 0.1) is 24.1 Å². The highest BCUT2D eigenvalue weighted by Gasteiger charge is 1.99. The first-order chi connectivity index (χ1) is 6.22. The SMILES string of the molecule is Cc1ccc[n+](C)c1C.[O-][Cl+3]([O-])([O-])[O-]. The van der Waals surface area contributed by atoms with Crippen molar-refractivity contribution in [3.05, 3.63) is 29.6 Å². The van der Waals surface area contributed by atoms with Gasteiger partial charge in [-0.25, -0.2) is 23.2 Å². The van der Waals surface area contributed by atoms with Gasteiger partial charge in [0.1, 0.15) is 7.05 Å². The third-order valence-corrected chi connectivity index (χ3v) is 1.76. The van der Waals surface area contributed by atoms with Gasteiger partial charge < -0.3 is 0 Å². The van der Waals surface area contributed by atoms with E-state index >= 15 is 0 Å². The minimum absolute atomic E-state index is 1.33. The molecule has 1 aromatic heterocycles. The number of aromatic nitrogens is 1. The van der Waals surface area contributed by atoms with E-state index in [-0.39, 0.29) is 0 Å². The second kappa shape index (κ2) is 5.23. The Morgan fingerprint density at radius 3 is 1.86 bits per heavy atom. The second-order valence-electron chi connectivity index (χ2n) is 2.77. The molecule has 6 heteroatoms. The smallest absolute Gasteiger partial charge is 0.180 e. The molecular formula is C8H12ClNO4. The highest BCUT2D eigenvalue weighted by Crippen LogP contribution is 1.96. The van der Waals surface area contributed by atoms with E-state index in [2.05, 4.69) is 43.8 Å². The maximum absolute atomic E-state index is 8.49. The van der Waals surface area contributed by atoms with E-state index in [9.17, 15) is 0 Å². The van der Waals surface area contributed by atoms with Crippen LogP contribution in [-0.2, 0) is 7.05 Å². The lowest BCUT2D eigenvalue weighted by atomic mass is 10.2. The van der Waals surface area contributed by atoms with Gasteiger partial charge in [-0.1, -0.05) is 0 Å². The van der Waals surface area contributed by atoms with Crippen LogP contribution in [0.4, 0.5) is 0 Å². The Morgan fingerprint density at radius 1 is 1.14 bits per heavy atom. The van der Waals surface area contributed by atoms with E-state index in [0.717, 1.165) is 0 Å². The number of halogens is 1. The summed E-state index contributed by atoms with van der Waals surface area (Å²) in [5.41, 5.74) is 2.68. The quantitative estimate of drug-likeness (QED) is 0.423. The molecule has 0 fully saturated rings. The van der Waals surface area contributed by atoms with E-state index in [4.69, 9.17) is 18.6 Å². The van der Waals surface area contributed by atoms with Crippen molar-refractivity contribution in [3.63, 3.8) is 0 Å². The molecule has 80 valence electrons. The van der Waals surface area contributed by atoms with Crippen molar-refractivity contribution in [3.8, 4) is 0 Å². The average molecular weight is 222 g/mol. The molecule has 14 heavy (non-hydrogen) atoms. The average Bonchev–Trinajstić information content (AvgIpc) is 1.97. The molecule has 0 aliphatic rings. The van der Waals surface area contributed by atoms with Gasteiger partial charge >= 0.3 is 0 Å². The topological polar surface area (TPSA) is 96.1 Å². The molecule has 0 saturated heterocycles. The predicted octanol–water partition coefficient (Wildman–Crippen LogP) is -3.63. The van der Waals surface area contributed by atoms with Crippen molar-refractivity contribution < 1.29 is 33.4 Å². The fourth-order valence-electron chi connectivity index (χ4n) is 0.827. The van der Waals surface area contributed by atoms with E-state index < -0.39 is 10.2 Å². The molecule has 0 aliphatic carbocycles. The van der Waals surface area contributed by atoms with Gasteiger partial charge in [0.05, 0.1) is 0 Å². The summed E-state index contributed by atoms with van der Waals surface area (Å²) in [5, 5.41) is 0. The maximum atomic E-state index is 8.49. The van der Waals surface area contributed by atoms with Gasteiger partial charge in [-0.15, -0.1) is 10.2 Å². The zero-order valence-corrected chi connectivity index (χ0v) is 8.95. The molecule has 0 radical (unpaired) electrons. The van der Waals surface area contributed by atoms with Gasteiger partial charge in [0.2, 0.25) is 0 Å². The number of hydrogen-bond acceptors (Lipinski definition) is 4. The van der Waals surface area contributed by atoms with Crippen molar-refractivity contribution in [2.24, 2.45) is 7.05 Å². The van der Waals surface area contributed by atoms with Crippen LogP contribution in [0.3, 0.4) is 0 Å². The Bertz CT molecular complexity index is 272. The Kier molecular flexibility index (Phi) is 4.96. The van der Waals surface area contributed by atoms with Crippen LogP contribution in [0.5, 0.6) is 0 Å². The van der Waals surface area contributed by atoms with Gasteiger partial charge in [0.25, 0.3) is 0 Å². The van der Waals surface area contributed by atoms with E-state index in [1.165, 1.54) is 11.3 Å². The highest BCUT2D eigenvalue weighted by molar-refractivity contribution is 5.10. The summed E-state index contributed by atoms with van der Waals surface area (Å²) >= 11 is 0. The molecule has 0 bridgehead atoms. The van der Waals surface area contributed by atoms with Crippen molar-refractivity contribution in [1.29, 1.82) is 0 Å². The first-order valence-electron chi connectivity index (χ1n) is 3.75. The molecule has 0 saturated carbocycles. The summed E-state index contributed by atoms with van der Waals surface area (Å²) in [6.07, 6.45) is 2.06. The van der Waals surface area contributed by atoms with E-state index in [1.54, 1.807) is 0 Å². The third-order valence-electron chi connectivity index (χ3n) is 1.76. The molecule has 0 spiro atoms. The number of nitrogens with zero attached hydrogens (tertiary/aromatic N) is 1. The summed E-state index contributed by atoms with van der Waals surface area (Å²) < 4.78 is 36.1. The summed E-state index contributed by atoms with van der Waals surface area (Å²) in [4.78, 5) is 0. The Balaban J connectivity index is 0.000000292. The molecule has 1 heterocycles. The predicted molar refractivity (Wildman–Crippen MR) is 37.1 cm³/mol. The van der Waals surface area contributed by atoms with E-state index in [0.29, 0.717) is 0 Å². The summed E-state index contributed by atoms with van der Waals surface area (Å²) in [6, 6.07) is 4.18. The van der Waals surface area contributed by atoms with Crippen LogP contribution in [0.15, 0.2) is 18.3 Å². The number of aryl methyl sites for hydroxylation is 2. The van der Waals surface area contributed by atoms with Crippen molar-refractivity contribution >= 4 is 0 Å². The molecule has 1 aromatic rings. The fourth-order valence-corrected chi connectivity index (χ4v) is 0.827. The normalized spacial score (nSPS) is 10.5. The fraction of sp³-hybridized carbons (Fsp3) is 0.375. The van der Waals surface area contributed by atoms with Crippen molar-refractivity contribution in [2.75, 3.05) is 0 Å². The number of pyridine rings is 1. The van der Waals surface area contributed by atoms with Gasteiger partial charge in [-0.3, -0.25) is 0 Å².